The molecule has 0 bridgehead atoms. The first-order valence-electron chi connectivity index (χ1n) is 7.77. The SMILES string of the molecule is Cc1cc(I)cc(C)c1-n1c(-c2ccccc2)nnc1C(C)C. The fourth-order valence-electron chi connectivity index (χ4n) is 2.92. The van der Waals surface area contributed by atoms with Crippen molar-refractivity contribution in [3.63, 3.8) is 0 Å². The summed E-state index contributed by atoms with van der Waals surface area (Å²) < 4.78 is 3.47. The molecule has 4 heteroatoms. The Morgan fingerprint density at radius 2 is 1.57 bits per heavy atom. The molecule has 0 aliphatic rings. The van der Waals surface area contributed by atoms with Crippen LogP contribution >= 0.6 is 22.6 Å². The van der Waals surface area contributed by atoms with E-state index in [1.165, 1.54) is 20.4 Å². The van der Waals surface area contributed by atoms with Gasteiger partial charge in [0, 0.05) is 15.1 Å². The van der Waals surface area contributed by atoms with Crippen LogP contribution in [0.4, 0.5) is 0 Å². The maximum atomic E-state index is 4.50. The first kappa shape index (κ1) is 16.2. The minimum Gasteiger partial charge on any atom is -0.278 e. The third-order valence-corrected chi connectivity index (χ3v) is 4.54. The molecule has 1 heterocycles. The molecule has 0 N–H and O–H groups in total. The predicted molar refractivity (Wildman–Crippen MR) is 103 cm³/mol. The Morgan fingerprint density at radius 3 is 2.13 bits per heavy atom. The Kier molecular flexibility index (Phi) is 4.53. The van der Waals surface area contributed by atoms with Crippen LogP contribution in [0.25, 0.3) is 17.1 Å². The van der Waals surface area contributed by atoms with Gasteiger partial charge in [-0.1, -0.05) is 44.2 Å². The van der Waals surface area contributed by atoms with Crippen molar-refractivity contribution < 1.29 is 0 Å². The second-order valence-corrected chi connectivity index (χ2v) is 7.37. The maximum absolute atomic E-state index is 4.50. The van der Waals surface area contributed by atoms with Gasteiger partial charge in [-0.15, -0.1) is 10.2 Å². The van der Waals surface area contributed by atoms with Gasteiger partial charge in [-0.25, -0.2) is 0 Å². The van der Waals surface area contributed by atoms with Gasteiger partial charge in [0.25, 0.3) is 0 Å². The quantitative estimate of drug-likeness (QED) is 0.543. The monoisotopic (exact) mass is 417 g/mol. The first-order chi connectivity index (χ1) is 11.0. The Hall–Kier alpha value is -1.69. The van der Waals surface area contributed by atoms with Gasteiger partial charge in [0.1, 0.15) is 5.82 Å². The molecule has 3 nitrogen and oxygen atoms in total. The zero-order valence-corrected chi connectivity index (χ0v) is 16.0. The number of aryl methyl sites for hydroxylation is 2. The van der Waals surface area contributed by atoms with Crippen molar-refractivity contribution in [2.45, 2.75) is 33.6 Å². The number of aromatic nitrogens is 3. The van der Waals surface area contributed by atoms with E-state index >= 15 is 0 Å². The van der Waals surface area contributed by atoms with Gasteiger partial charge in [-0.05, 0) is 59.7 Å². The standard InChI is InChI=1S/C19H20IN3/c1-12(2)18-21-22-19(15-8-6-5-7-9-15)23(18)17-13(3)10-16(20)11-14(17)4/h5-12H,1-4H3. The highest BCUT2D eigenvalue weighted by Gasteiger charge is 2.20. The fourth-order valence-corrected chi connectivity index (χ4v) is 3.85. The number of benzene rings is 2. The molecule has 0 saturated heterocycles. The molecule has 0 fully saturated rings. The summed E-state index contributed by atoms with van der Waals surface area (Å²) in [7, 11) is 0. The zero-order valence-electron chi connectivity index (χ0n) is 13.8. The third kappa shape index (κ3) is 3.04. The van der Waals surface area contributed by atoms with Crippen LogP contribution in [-0.2, 0) is 0 Å². The van der Waals surface area contributed by atoms with Crippen LogP contribution in [0.15, 0.2) is 42.5 Å². The molecule has 0 atom stereocenters. The summed E-state index contributed by atoms with van der Waals surface area (Å²) in [5.74, 6) is 2.20. The normalized spacial score (nSPS) is 11.2. The van der Waals surface area contributed by atoms with E-state index in [1.807, 2.05) is 18.2 Å². The molecule has 0 unspecified atom stereocenters. The van der Waals surface area contributed by atoms with E-state index in [0.29, 0.717) is 5.92 Å². The summed E-state index contributed by atoms with van der Waals surface area (Å²) >= 11 is 2.37. The molecule has 23 heavy (non-hydrogen) atoms. The average Bonchev–Trinajstić information content (AvgIpc) is 2.92. The summed E-state index contributed by atoms with van der Waals surface area (Å²) in [6.45, 7) is 8.63. The van der Waals surface area contributed by atoms with Crippen LogP contribution in [0.3, 0.4) is 0 Å². The van der Waals surface area contributed by atoms with Crippen molar-refractivity contribution >= 4 is 22.6 Å². The van der Waals surface area contributed by atoms with Gasteiger partial charge < -0.3 is 0 Å². The number of rotatable bonds is 3. The van der Waals surface area contributed by atoms with Gasteiger partial charge >= 0.3 is 0 Å². The van der Waals surface area contributed by atoms with Crippen molar-refractivity contribution in [2.24, 2.45) is 0 Å². The topological polar surface area (TPSA) is 30.7 Å². The lowest BCUT2D eigenvalue weighted by atomic mass is 10.1. The summed E-state index contributed by atoms with van der Waals surface area (Å²) in [6.07, 6.45) is 0. The molecule has 0 spiro atoms. The Balaban J connectivity index is 2.32. The molecule has 3 aromatic rings. The molecule has 1 aromatic heterocycles. The Bertz CT molecular complexity index is 812. The average molecular weight is 417 g/mol. The van der Waals surface area contributed by atoms with Gasteiger partial charge in [0.15, 0.2) is 5.82 Å². The first-order valence-corrected chi connectivity index (χ1v) is 8.84. The number of halogens is 1. The number of nitrogens with zero attached hydrogens (tertiary/aromatic N) is 3. The van der Waals surface area contributed by atoms with E-state index in [9.17, 15) is 0 Å². The maximum Gasteiger partial charge on any atom is 0.168 e. The van der Waals surface area contributed by atoms with E-state index in [0.717, 1.165) is 17.2 Å². The summed E-state index contributed by atoms with van der Waals surface area (Å²) in [6, 6.07) is 14.7. The van der Waals surface area contributed by atoms with Crippen molar-refractivity contribution in [1.82, 2.24) is 14.8 Å². The van der Waals surface area contributed by atoms with Crippen LogP contribution in [0.5, 0.6) is 0 Å². The molecule has 118 valence electrons. The summed E-state index contributed by atoms with van der Waals surface area (Å²) in [5, 5.41) is 8.98. The highest BCUT2D eigenvalue weighted by atomic mass is 127. The molecule has 3 rings (SSSR count). The van der Waals surface area contributed by atoms with Crippen LogP contribution in [0, 0.1) is 17.4 Å². The molecule has 0 aliphatic carbocycles. The van der Waals surface area contributed by atoms with Gasteiger partial charge in [0.2, 0.25) is 0 Å². The van der Waals surface area contributed by atoms with E-state index in [4.69, 9.17) is 0 Å². The van der Waals surface area contributed by atoms with Gasteiger partial charge in [-0.2, -0.15) is 0 Å². The van der Waals surface area contributed by atoms with E-state index < -0.39 is 0 Å². The van der Waals surface area contributed by atoms with E-state index in [-0.39, 0.29) is 0 Å². The molecular weight excluding hydrogens is 397 g/mol. The van der Waals surface area contributed by atoms with Gasteiger partial charge in [0.05, 0.1) is 5.69 Å². The summed E-state index contributed by atoms with van der Waals surface area (Å²) in [5.41, 5.74) is 4.77. The lowest BCUT2D eigenvalue weighted by Crippen LogP contribution is -2.08. The van der Waals surface area contributed by atoms with Crippen molar-refractivity contribution in [3.8, 4) is 17.1 Å². The van der Waals surface area contributed by atoms with Crippen LogP contribution in [0.1, 0.15) is 36.7 Å². The summed E-state index contributed by atoms with van der Waals surface area (Å²) in [4.78, 5) is 0. The molecule has 0 aliphatic heterocycles. The van der Waals surface area contributed by atoms with Crippen molar-refractivity contribution in [3.05, 3.63) is 63.0 Å². The zero-order chi connectivity index (χ0) is 16.6. The van der Waals surface area contributed by atoms with E-state index in [2.05, 4.69) is 89.3 Å². The molecule has 0 amide bonds. The lowest BCUT2D eigenvalue weighted by molar-refractivity contribution is 0.743. The van der Waals surface area contributed by atoms with Crippen molar-refractivity contribution in [1.29, 1.82) is 0 Å². The van der Waals surface area contributed by atoms with Crippen LogP contribution < -0.4 is 0 Å². The van der Waals surface area contributed by atoms with Gasteiger partial charge in [-0.3, -0.25) is 4.57 Å². The third-order valence-electron chi connectivity index (χ3n) is 3.92. The fraction of sp³-hybridized carbons (Fsp3) is 0.263. The second-order valence-electron chi connectivity index (χ2n) is 6.13. The molecule has 0 radical (unpaired) electrons. The largest absolute Gasteiger partial charge is 0.278 e. The van der Waals surface area contributed by atoms with Crippen LogP contribution in [-0.4, -0.2) is 14.8 Å². The highest BCUT2D eigenvalue weighted by molar-refractivity contribution is 14.1. The molecule has 2 aromatic carbocycles. The minimum absolute atomic E-state index is 0.304. The predicted octanol–water partition coefficient (Wildman–Crippen LogP) is 5.28. The number of hydrogen-bond acceptors (Lipinski definition) is 2. The second kappa shape index (κ2) is 6.43. The minimum atomic E-state index is 0.304. The highest BCUT2D eigenvalue weighted by Crippen LogP contribution is 2.30. The molecular formula is C19H20IN3. The van der Waals surface area contributed by atoms with E-state index in [1.54, 1.807) is 0 Å². The number of hydrogen-bond donors (Lipinski definition) is 0. The molecule has 0 saturated carbocycles. The van der Waals surface area contributed by atoms with Crippen LogP contribution in [0.2, 0.25) is 0 Å². The smallest absolute Gasteiger partial charge is 0.168 e. The lowest BCUT2D eigenvalue weighted by Gasteiger charge is -2.17. The Labute approximate surface area is 150 Å². The van der Waals surface area contributed by atoms with Crippen molar-refractivity contribution in [2.75, 3.05) is 0 Å². The Morgan fingerprint density at radius 1 is 0.957 bits per heavy atom.